The molecule has 1 fully saturated rings. The molecule has 2 heterocycles. The number of morpholine rings is 1. The highest BCUT2D eigenvalue weighted by Crippen LogP contribution is 2.25. The molecule has 140 valence electrons. The number of anilines is 2. The van der Waals surface area contributed by atoms with Crippen molar-refractivity contribution >= 4 is 34.8 Å². The third kappa shape index (κ3) is 4.05. The van der Waals surface area contributed by atoms with Gasteiger partial charge in [0.1, 0.15) is 5.52 Å². The molecule has 2 amide bonds. The van der Waals surface area contributed by atoms with Crippen molar-refractivity contribution in [1.29, 1.82) is 0 Å². The van der Waals surface area contributed by atoms with Gasteiger partial charge in [-0.3, -0.25) is 4.79 Å². The van der Waals surface area contributed by atoms with Gasteiger partial charge in [0.15, 0.2) is 5.58 Å². The summed E-state index contributed by atoms with van der Waals surface area (Å²) in [5.41, 5.74) is 1.84. The van der Waals surface area contributed by atoms with Crippen LogP contribution in [-0.4, -0.2) is 66.9 Å². The zero-order chi connectivity index (χ0) is 18.7. The minimum Gasteiger partial charge on any atom is -0.481 e. The van der Waals surface area contributed by atoms with E-state index in [1.807, 2.05) is 4.90 Å². The number of carboxylic acid groups (broad SMARTS) is 1. The molecular weight excluding hydrogens is 340 g/mol. The number of carbonyl (C=O) groups excluding carboxylic acids is 1. The maximum atomic E-state index is 12.2. The van der Waals surface area contributed by atoms with E-state index in [1.165, 1.54) is 4.90 Å². The minimum atomic E-state index is -0.941. The van der Waals surface area contributed by atoms with E-state index < -0.39 is 11.9 Å². The molecule has 9 heteroatoms. The molecule has 1 saturated heterocycles. The quantitative estimate of drug-likeness (QED) is 0.835. The lowest BCUT2D eigenvalue weighted by atomic mass is 10.2. The summed E-state index contributed by atoms with van der Waals surface area (Å²) in [7, 11) is 1.55. The van der Waals surface area contributed by atoms with Crippen LogP contribution in [-0.2, 0) is 9.53 Å². The van der Waals surface area contributed by atoms with Crippen molar-refractivity contribution < 1.29 is 23.8 Å². The molecule has 0 saturated carbocycles. The molecule has 1 aliphatic rings. The lowest BCUT2D eigenvalue weighted by molar-refractivity contribution is -0.141. The second-order valence-corrected chi connectivity index (χ2v) is 6.33. The predicted molar refractivity (Wildman–Crippen MR) is 95.5 cm³/mol. The lowest BCUT2D eigenvalue weighted by Gasteiger charge is -2.24. The summed E-state index contributed by atoms with van der Waals surface area (Å²) in [5.74, 6) is -1.58. The van der Waals surface area contributed by atoms with Crippen LogP contribution in [0.1, 0.15) is 6.92 Å². The van der Waals surface area contributed by atoms with Crippen molar-refractivity contribution in [2.75, 3.05) is 50.1 Å². The van der Waals surface area contributed by atoms with Crippen molar-refractivity contribution in [2.24, 2.45) is 5.92 Å². The van der Waals surface area contributed by atoms with Gasteiger partial charge < -0.3 is 29.4 Å². The van der Waals surface area contributed by atoms with Gasteiger partial charge in [-0.05, 0) is 12.1 Å². The van der Waals surface area contributed by atoms with Gasteiger partial charge in [0.2, 0.25) is 0 Å². The van der Waals surface area contributed by atoms with Gasteiger partial charge in [0, 0.05) is 38.4 Å². The average molecular weight is 362 g/mol. The van der Waals surface area contributed by atoms with Crippen molar-refractivity contribution in [2.45, 2.75) is 6.92 Å². The van der Waals surface area contributed by atoms with Gasteiger partial charge in [-0.1, -0.05) is 6.92 Å². The molecule has 1 aliphatic heterocycles. The fraction of sp³-hybridized carbons (Fsp3) is 0.471. The van der Waals surface area contributed by atoms with Crippen LogP contribution >= 0.6 is 0 Å². The van der Waals surface area contributed by atoms with E-state index in [1.54, 1.807) is 32.2 Å². The Kier molecular flexibility index (Phi) is 5.27. The first-order valence-corrected chi connectivity index (χ1v) is 8.42. The Bertz CT molecular complexity index is 800. The molecule has 1 aromatic carbocycles. The molecule has 0 radical (unpaired) electrons. The van der Waals surface area contributed by atoms with Crippen molar-refractivity contribution in [3.63, 3.8) is 0 Å². The number of fused-ring (bicyclic) bond motifs is 1. The zero-order valence-corrected chi connectivity index (χ0v) is 14.8. The predicted octanol–water partition coefficient (Wildman–Crippen LogP) is 1.85. The van der Waals surface area contributed by atoms with E-state index >= 15 is 0 Å². The highest BCUT2D eigenvalue weighted by molar-refractivity contribution is 5.91. The lowest BCUT2D eigenvalue weighted by Crippen LogP contribution is -2.36. The molecule has 1 atom stereocenters. The minimum absolute atomic E-state index is 0.118. The molecule has 2 N–H and O–H groups in total. The maximum absolute atomic E-state index is 12.2. The first-order valence-electron chi connectivity index (χ1n) is 8.42. The fourth-order valence-corrected chi connectivity index (χ4v) is 2.67. The number of nitrogens with one attached hydrogen (secondary N) is 1. The van der Waals surface area contributed by atoms with Gasteiger partial charge >= 0.3 is 12.0 Å². The molecule has 0 bridgehead atoms. The molecule has 9 nitrogen and oxygen atoms in total. The monoisotopic (exact) mass is 362 g/mol. The highest BCUT2D eigenvalue weighted by atomic mass is 16.5. The van der Waals surface area contributed by atoms with Gasteiger partial charge in [-0.2, -0.15) is 4.98 Å². The molecule has 2 aromatic rings. The highest BCUT2D eigenvalue weighted by Gasteiger charge is 2.19. The molecule has 26 heavy (non-hydrogen) atoms. The Hall–Kier alpha value is -2.81. The smallest absolute Gasteiger partial charge is 0.321 e. The first kappa shape index (κ1) is 18.0. The molecule has 3 rings (SSSR count). The summed E-state index contributed by atoms with van der Waals surface area (Å²) in [6, 6.07) is 5.38. The molecule has 1 aromatic heterocycles. The van der Waals surface area contributed by atoms with Crippen LogP contribution in [0.4, 0.5) is 16.5 Å². The van der Waals surface area contributed by atoms with Crippen LogP contribution in [0, 0.1) is 5.92 Å². The van der Waals surface area contributed by atoms with Crippen LogP contribution in [0.5, 0.6) is 0 Å². The van der Waals surface area contributed by atoms with Crippen molar-refractivity contribution in [3.05, 3.63) is 18.2 Å². The van der Waals surface area contributed by atoms with Crippen LogP contribution in [0.15, 0.2) is 22.6 Å². The number of urea groups is 1. The molecule has 0 aliphatic carbocycles. The van der Waals surface area contributed by atoms with E-state index in [0.29, 0.717) is 36.0 Å². The Morgan fingerprint density at radius 3 is 2.81 bits per heavy atom. The van der Waals surface area contributed by atoms with E-state index in [-0.39, 0.29) is 12.6 Å². The number of ether oxygens (including phenoxy) is 1. The van der Waals surface area contributed by atoms with Crippen LogP contribution in [0.25, 0.3) is 11.1 Å². The summed E-state index contributed by atoms with van der Waals surface area (Å²) in [5, 5.41) is 11.7. The summed E-state index contributed by atoms with van der Waals surface area (Å²) in [6.45, 7) is 4.40. The van der Waals surface area contributed by atoms with E-state index in [2.05, 4.69) is 10.3 Å². The van der Waals surface area contributed by atoms with E-state index in [0.717, 1.165) is 13.1 Å². The van der Waals surface area contributed by atoms with Gasteiger partial charge in [-0.25, -0.2) is 4.79 Å². The Labute approximate surface area is 150 Å². The molecule has 1 unspecified atom stereocenters. The molecular formula is C17H22N4O5. The number of aliphatic carboxylic acids is 1. The topological polar surface area (TPSA) is 108 Å². The second-order valence-electron chi connectivity index (χ2n) is 6.33. The standard InChI is InChI=1S/C17H22N4O5/c1-11(15(22)23)10-20(2)16(24)18-12-3-4-13-14(9-12)26-17(19-13)21-5-7-25-8-6-21/h3-4,9,11H,5-8,10H2,1-2H3,(H,18,24)(H,22,23). The van der Waals surface area contributed by atoms with Crippen LogP contribution < -0.4 is 10.2 Å². The fourth-order valence-electron chi connectivity index (χ4n) is 2.67. The summed E-state index contributed by atoms with van der Waals surface area (Å²) in [4.78, 5) is 30.9. The Morgan fingerprint density at radius 2 is 2.12 bits per heavy atom. The number of carboxylic acids is 1. The van der Waals surface area contributed by atoms with Crippen molar-refractivity contribution in [1.82, 2.24) is 9.88 Å². The molecule has 0 spiro atoms. The number of rotatable bonds is 5. The summed E-state index contributed by atoms with van der Waals surface area (Å²) in [6.07, 6.45) is 0. The third-order valence-corrected chi connectivity index (χ3v) is 4.23. The van der Waals surface area contributed by atoms with Crippen LogP contribution in [0.2, 0.25) is 0 Å². The Balaban J connectivity index is 1.68. The van der Waals surface area contributed by atoms with Crippen molar-refractivity contribution in [3.8, 4) is 0 Å². The van der Waals surface area contributed by atoms with Crippen LogP contribution in [0.3, 0.4) is 0 Å². The number of nitrogens with zero attached hydrogens (tertiary/aromatic N) is 3. The van der Waals surface area contributed by atoms with Gasteiger partial charge in [0.25, 0.3) is 6.01 Å². The second kappa shape index (κ2) is 7.61. The van der Waals surface area contributed by atoms with Gasteiger partial charge in [0.05, 0.1) is 19.1 Å². The zero-order valence-electron chi connectivity index (χ0n) is 14.8. The summed E-state index contributed by atoms with van der Waals surface area (Å²) < 4.78 is 11.1. The Morgan fingerprint density at radius 1 is 1.38 bits per heavy atom. The van der Waals surface area contributed by atoms with E-state index in [9.17, 15) is 9.59 Å². The summed E-state index contributed by atoms with van der Waals surface area (Å²) >= 11 is 0. The third-order valence-electron chi connectivity index (χ3n) is 4.23. The first-order chi connectivity index (χ1) is 12.4. The largest absolute Gasteiger partial charge is 0.481 e. The maximum Gasteiger partial charge on any atom is 0.321 e. The number of amides is 2. The normalized spacial score (nSPS) is 15.7. The number of oxazole rings is 1. The SMILES string of the molecule is CC(CN(C)C(=O)Nc1ccc2nc(N3CCOCC3)oc2c1)C(=O)O. The number of hydrogen-bond donors (Lipinski definition) is 2. The average Bonchev–Trinajstić information content (AvgIpc) is 3.05. The number of carbonyl (C=O) groups is 2. The number of hydrogen-bond acceptors (Lipinski definition) is 6. The van der Waals surface area contributed by atoms with E-state index in [4.69, 9.17) is 14.3 Å². The number of benzene rings is 1. The number of aromatic nitrogens is 1. The van der Waals surface area contributed by atoms with Gasteiger partial charge in [-0.15, -0.1) is 0 Å².